The van der Waals surface area contributed by atoms with Gasteiger partial charge in [-0.1, -0.05) is 32.6 Å². The summed E-state index contributed by atoms with van der Waals surface area (Å²) in [4.78, 5) is 14.1. The number of nitrogens with zero attached hydrogens (tertiary/aromatic N) is 1. The second kappa shape index (κ2) is 7.54. The first kappa shape index (κ1) is 16.8. The first-order chi connectivity index (χ1) is 9.35. The molecule has 4 nitrogen and oxygen atoms in total. The Bertz CT molecular complexity index is 352. The molecule has 0 radical (unpaired) electrons. The molecule has 0 saturated heterocycles. The molecule has 0 bridgehead atoms. The van der Waals surface area contributed by atoms with E-state index in [0.29, 0.717) is 19.5 Å². The maximum Gasteiger partial charge on any atom is 0.318 e. The van der Waals surface area contributed by atoms with Crippen LogP contribution in [-0.2, 0) is 0 Å². The highest BCUT2D eigenvalue weighted by Gasteiger charge is 2.27. The molecule has 2 N–H and O–H groups in total. The fourth-order valence-electron chi connectivity index (χ4n) is 2.97. The summed E-state index contributed by atoms with van der Waals surface area (Å²) in [6, 6.07) is 0.208. The maximum atomic E-state index is 12.3. The number of urea groups is 1. The zero-order valence-electron chi connectivity index (χ0n) is 13.0. The van der Waals surface area contributed by atoms with Crippen LogP contribution in [0.4, 0.5) is 4.79 Å². The van der Waals surface area contributed by atoms with Crippen molar-refractivity contribution in [1.82, 2.24) is 10.2 Å². The molecule has 114 valence electrons. The number of aliphatic hydroxyl groups is 1. The number of amides is 2. The summed E-state index contributed by atoms with van der Waals surface area (Å²) in [5.74, 6) is 2.58. The Kier molecular flexibility index (Phi) is 6.35. The van der Waals surface area contributed by atoms with Gasteiger partial charge in [0.2, 0.25) is 0 Å². The van der Waals surface area contributed by atoms with E-state index in [9.17, 15) is 9.90 Å². The maximum absolute atomic E-state index is 12.3. The Balaban J connectivity index is 2.52. The summed E-state index contributed by atoms with van der Waals surface area (Å²) in [7, 11) is 0. The second-order valence-corrected chi connectivity index (χ2v) is 6.65. The molecular formula is C16H28N2O2. The van der Waals surface area contributed by atoms with Gasteiger partial charge in [0, 0.05) is 12.6 Å². The van der Waals surface area contributed by atoms with Crippen molar-refractivity contribution in [3.05, 3.63) is 0 Å². The Morgan fingerprint density at radius 3 is 2.60 bits per heavy atom. The fraction of sp³-hybridized carbons (Fsp3) is 0.812. The molecule has 0 aliphatic heterocycles. The van der Waals surface area contributed by atoms with Crippen LogP contribution in [0.25, 0.3) is 0 Å². The summed E-state index contributed by atoms with van der Waals surface area (Å²) in [5.41, 5.74) is -0.124. The molecule has 1 aliphatic rings. The minimum Gasteiger partial charge on any atom is -0.393 e. The van der Waals surface area contributed by atoms with E-state index in [1.165, 1.54) is 12.8 Å². The van der Waals surface area contributed by atoms with Crippen LogP contribution < -0.4 is 5.32 Å². The fourth-order valence-corrected chi connectivity index (χ4v) is 2.97. The molecular weight excluding hydrogens is 252 g/mol. The Hall–Kier alpha value is -1.21. The largest absolute Gasteiger partial charge is 0.393 e. The number of carbonyl (C=O) groups is 1. The normalized spacial score (nSPS) is 17.6. The van der Waals surface area contributed by atoms with E-state index >= 15 is 0 Å². The van der Waals surface area contributed by atoms with Gasteiger partial charge in [-0.2, -0.15) is 0 Å². The first-order valence-corrected chi connectivity index (χ1v) is 7.52. The SMILES string of the molecule is C#CCN(C(=O)NCC(C)(C)CC(C)O)C1CCCC1. The number of hydrogen-bond donors (Lipinski definition) is 2. The van der Waals surface area contributed by atoms with Gasteiger partial charge in [-0.3, -0.25) is 0 Å². The van der Waals surface area contributed by atoms with Crippen molar-refractivity contribution in [3.63, 3.8) is 0 Å². The Labute approximate surface area is 122 Å². The van der Waals surface area contributed by atoms with Gasteiger partial charge in [0.15, 0.2) is 0 Å². The van der Waals surface area contributed by atoms with E-state index < -0.39 is 0 Å². The van der Waals surface area contributed by atoms with Crippen LogP contribution in [0.1, 0.15) is 52.9 Å². The van der Waals surface area contributed by atoms with E-state index in [2.05, 4.69) is 11.2 Å². The van der Waals surface area contributed by atoms with Gasteiger partial charge in [0.05, 0.1) is 12.6 Å². The lowest BCUT2D eigenvalue weighted by Crippen LogP contribution is -2.48. The molecule has 0 heterocycles. The predicted octanol–water partition coefficient (Wildman–Crippen LogP) is 2.37. The second-order valence-electron chi connectivity index (χ2n) is 6.65. The first-order valence-electron chi connectivity index (χ1n) is 7.52. The van der Waals surface area contributed by atoms with Gasteiger partial charge < -0.3 is 15.3 Å². The molecule has 0 aromatic carbocycles. The highest BCUT2D eigenvalue weighted by atomic mass is 16.3. The summed E-state index contributed by atoms with van der Waals surface area (Å²) >= 11 is 0. The molecule has 1 rings (SSSR count). The van der Waals surface area contributed by atoms with E-state index in [1.807, 2.05) is 13.8 Å². The zero-order valence-corrected chi connectivity index (χ0v) is 13.0. The van der Waals surface area contributed by atoms with E-state index in [1.54, 1.807) is 11.8 Å². The molecule has 2 amide bonds. The molecule has 1 fully saturated rings. The van der Waals surface area contributed by atoms with Crippen LogP contribution in [0.2, 0.25) is 0 Å². The van der Waals surface area contributed by atoms with Gasteiger partial charge >= 0.3 is 6.03 Å². The lowest BCUT2D eigenvalue weighted by Gasteiger charge is -2.31. The van der Waals surface area contributed by atoms with Crippen molar-refractivity contribution in [2.45, 2.75) is 65.0 Å². The third kappa shape index (κ3) is 5.42. The average molecular weight is 280 g/mol. The molecule has 1 unspecified atom stereocenters. The van der Waals surface area contributed by atoms with Gasteiger partial charge in [-0.15, -0.1) is 6.42 Å². The number of terminal acetylenes is 1. The molecule has 1 atom stereocenters. The smallest absolute Gasteiger partial charge is 0.318 e. The molecule has 4 heteroatoms. The van der Waals surface area contributed by atoms with Crippen LogP contribution in [0.15, 0.2) is 0 Å². The summed E-state index contributed by atoms with van der Waals surface area (Å²) < 4.78 is 0. The van der Waals surface area contributed by atoms with Crippen LogP contribution in [0.3, 0.4) is 0 Å². The molecule has 1 saturated carbocycles. The third-order valence-electron chi connectivity index (χ3n) is 3.85. The zero-order chi connectivity index (χ0) is 15.2. The van der Waals surface area contributed by atoms with E-state index in [-0.39, 0.29) is 23.6 Å². The predicted molar refractivity (Wildman–Crippen MR) is 81.3 cm³/mol. The lowest BCUT2D eigenvalue weighted by molar-refractivity contribution is 0.125. The summed E-state index contributed by atoms with van der Waals surface area (Å²) in [6.45, 7) is 6.77. The lowest BCUT2D eigenvalue weighted by atomic mass is 9.87. The number of rotatable bonds is 6. The van der Waals surface area contributed by atoms with Crippen molar-refractivity contribution in [3.8, 4) is 12.3 Å². The summed E-state index contributed by atoms with van der Waals surface area (Å²) in [6.07, 6.45) is 10.1. The van der Waals surface area contributed by atoms with Crippen LogP contribution in [0, 0.1) is 17.8 Å². The van der Waals surface area contributed by atoms with Crippen molar-refractivity contribution in [2.75, 3.05) is 13.1 Å². The quantitative estimate of drug-likeness (QED) is 0.734. The summed E-state index contributed by atoms with van der Waals surface area (Å²) in [5, 5.41) is 12.4. The molecule has 0 aromatic rings. The number of nitrogens with one attached hydrogen (secondary N) is 1. The number of carbonyl (C=O) groups excluding carboxylic acids is 1. The topological polar surface area (TPSA) is 52.6 Å². The van der Waals surface area contributed by atoms with Crippen molar-refractivity contribution in [2.24, 2.45) is 5.41 Å². The van der Waals surface area contributed by atoms with Crippen molar-refractivity contribution >= 4 is 6.03 Å². The Morgan fingerprint density at radius 2 is 2.10 bits per heavy atom. The van der Waals surface area contributed by atoms with Crippen molar-refractivity contribution in [1.29, 1.82) is 0 Å². The molecule has 20 heavy (non-hydrogen) atoms. The molecule has 1 aliphatic carbocycles. The van der Waals surface area contributed by atoms with Crippen molar-refractivity contribution < 1.29 is 9.90 Å². The minimum absolute atomic E-state index is 0.0754. The van der Waals surface area contributed by atoms with E-state index in [4.69, 9.17) is 6.42 Å². The number of hydrogen-bond acceptors (Lipinski definition) is 2. The standard InChI is InChI=1S/C16H28N2O2/c1-5-10-18(14-8-6-7-9-14)15(20)17-12-16(3,4)11-13(2)19/h1,13-14,19H,6-12H2,2-4H3,(H,17,20). The van der Waals surface area contributed by atoms with Crippen LogP contribution in [0.5, 0.6) is 0 Å². The van der Waals surface area contributed by atoms with Gasteiger partial charge in [-0.25, -0.2) is 4.79 Å². The highest BCUT2D eigenvalue weighted by Crippen LogP contribution is 2.24. The third-order valence-corrected chi connectivity index (χ3v) is 3.85. The molecule has 0 aromatic heterocycles. The monoisotopic (exact) mass is 280 g/mol. The minimum atomic E-state index is -0.362. The van der Waals surface area contributed by atoms with Crippen LogP contribution in [-0.4, -0.2) is 41.3 Å². The van der Waals surface area contributed by atoms with Crippen LogP contribution >= 0.6 is 0 Å². The molecule has 0 spiro atoms. The van der Waals surface area contributed by atoms with Gasteiger partial charge in [0.1, 0.15) is 0 Å². The number of aliphatic hydroxyl groups excluding tert-OH is 1. The highest BCUT2D eigenvalue weighted by molar-refractivity contribution is 5.75. The Morgan fingerprint density at radius 1 is 1.50 bits per heavy atom. The average Bonchev–Trinajstić information content (AvgIpc) is 2.85. The van der Waals surface area contributed by atoms with Gasteiger partial charge in [0.25, 0.3) is 0 Å². The van der Waals surface area contributed by atoms with E-state index in [0.717, 1.165) is 12.8 Å². The van der Waals surface area contributed by atoms with Gasteiger partial charge in [-0.05, 0) is 31.6 Å².